The van der Waals surface area contributed by atoms with E-state index < -0.39 is 12.4 Å². The molecule has 2 aromatic carbocycles. The molecule has 0 saturated heterocycles. The van der Waals surface area contributed by atoms with Gasteiger partial charge in [-0.2, -0.15) is 8.78 Å². The molecule has 0 unspecified atom stereocenters. The molecule has 0 amide bonds. The van der Waals surface area contributed by atoms with Crippen molar-refractivity contribution in [2.75, 3.05) is 5.73 Å². The number of nitrogen functional groups attached to an aromatic ring is 1. The molecular formula is C16H12F3NO. The minimum Gasteiger partial charge on any atom is -0.435 e. The molecule has 0 bridgehead atoms. The van der Waals surface area contributed by atoms with E-state index in [2.05, 4.69) is 16.6 Å². The van der Waals surface area contributed by atoms with E-state index in [0.717, 1.165) is 5.56 Å². The molecule has 0 atom stereocenters. The lowest BCUT2D eigenvalue weighted by Gasteiger charge is -2.04. The first-order valence-corrected chi connectivity index (χ1v) is 6.12. The van der Waals surface area contributed by atoms with Crippen LogP contribution in [0.5, 0.6) is 5.75 Å². The average molecular weight is 291 g/mol. The third kappa shape index (κ3) is 4.46. The Hall–Kier alpha value is -2.61. The summed E-state index contributed by atoms with van der Waals surface area (Å²) in [5.41, 5.74) is 6.87. The lowest BCUT2D eigenvalue weighted by Crippen LogP contribution is -2.01. The van der Waals surface area contributed by atoms with Crippen LogP contribution in [0.1, 0.15) is 11.1 Å². The molecule has 108 valence electrons. The fourth-order valence-electron chi connectivity index (χ4n) is 1.66. The van der Waals surface area contributed by atoms with Crippen LogP contribution in [-0.4, -0.2) is 6.61 Å². The number of ether oxygens (including phenoxy) is 1. The van der Waals surface area contributed by atoms with Crippen LogP contribution in [0.2, 0.25) is 0 Å². The van der Waals surface area contributed by atoms with Crippen molar-refractivity contribution in [3.63, 3.8) is 0 Å². The number of benzene rings is 2. The number of hydrogen-bond donors (Lipinski definition) is 1. The maximum absolute atomic E-state index is 13.5. The summed E-state index contributed by atoms with van der Waals surface area (Å²) < 4.78 is 41.7. The molecule has 5 heteroatoms. The minimum atomic E-state index is -2.84. The number of anilines is 1. The Kier molecular flexibility index (Phi) is 4.72. The molecule has 0 aliphatic heterocycles. The predicted octanol–water partition coefficient (Wildman–Crippen LogP) is 3.60. The molecule has 2 aromatic rings. The fraction of sp³-hybridized carbons (Fsp3) is 0.125. The summed E-state index contributed by atoms with van der Waals surface area (Å²) >= 11 is 0. The van der Waals surface area contributed by atoms with E-state index in [4.69, 9.17) is 5.73 Å². The van der Waals surface area contributed by atoms with Crippen molar-refractivity contribution in [1.82, 2.24) is 0 Å². The van der Waals surface area contributed by atoms with Crippen LogP contribution in [0.25, 0.3) is 0 Å². The zero-order valence-corrected chi connectivity index (χ0v) is 10.9. The summed E-state index contributed by atoms with van der Waals surface area (Å²) in [6.07, 6.45) is 0.374. The third-order valence-electron chi connectivity index (χ3n) is 2.66. The van der Waals surface area contributed by atoms with E-state index in [9.17, 15) is 13.2 Å². The van der Waals surface area contributed by atoms with Crippen molar-refractivity contribution in [3.8, 4) is 17.6 Å². The van der Waals surface area contributed by atoms with E-state index in [0.29, 0.717) is 12.1 Å². The van der Waals surface area contributed by atoms with Crippen molar-refractivity contribution >= 4 is 5.69 Å². The molecule has 0 aliphatic carbocycles. The quantitative estimate of drug-likeness (QED) is 0.692. The molecule has 0 fully saturated rings. The van der Waals surface area contributed by atoms with Crippen molar-refractivity contribution in [3.05, 3.63) is 59.4 Å². The summed E-state index contributed by atoms with van der Waals surface area (Å²) in [7, 11) is 0. The first-order chi connectivity index (χ1) is 10.0. The first-order valence-electron chi connectivity index (χ1n) is 6.12. The molecular weight excluding hydrogens is 279 g/mol. The number of halogens is 3. The molecule has 0 heterocycles. The van der Waals surface area contributed by atoms with Crippen LogP contribution < -0.4 is 10.5 Å². The van der Waals surface area contributed by atoms with Crippen LogP contribution in [0.3, 0.4) is 0 Å². The van der Waals surface area contributed by atoms with Crippen LogP contribution in [0.15, 0.2) is 42.5 Å². The Morgan fingerprint density at radius 3 is 2.43 bits per heavy atom. The Morgan fingerprint density at radius 1 is 1.10 bits per heavy atom. The van der Waals surface area contributed by atoms with Gasteiger partial charge in [0.15, 0.2) is 0 Å². The number of alkyl halides is 2. The standard InChI is InChI=1S/C16H12F3NO/c17-15-10-13(20)7-6-12(15)3-1-2-11-4-8-14(9-5-11)21-16(18)19/h4-10,16H,2,20H2. The van der Waals surface area contributed by atoms with Gasteiger partial charge < -0.3 is 10.5 Å². The summed E-state index contributed by atoms with van der Waals surface area (Å²) in [6.45, 7) is -2.84. The average Bonchev–Trinajstić information content (AvgIpc) is 2.42. The highest BCUT2D eigenvalue weighted by atomic mass is 19.3. The molecule has 0 aliphatic rings. The smallest absolute Gasteiger partial charge is 0.387 e. The van der Waals surface area contributed by atoms with Gasteiger partial charge in [-0.25, -0.2) is 4.39 Å². The Labute approximate surface area is 120 Å². The Morgan fingerprint density at radius 2 is 1.81 bits per heavy atom. The zero-order chi connectivity index (χ0) is 15.2. The second kappa shape index (κ2) is 6.71. The minimum absolute atomic E-state index is 0.0892. The first kappa shape index (κ1) is 14.8. The molecule has 0 radical (unpaired) electrons. The normalized spacial score (nSPS) is 10.1. The van der Waals surface area contributed by atoms with Gasteiger partial charge in [0.1, 0.15) is 11.6 Å². The lowest BCUT2D eigenvalue weighted by atomic mass is 10.1. The molecule has 0 saturated carbocycles. The van der Waals surface area contributed by atoms with Gasteiger partial charge >= 0.3 is 6.61 Å². The van der Waals surface area contributed by atoms with Crippen molar-refractivity contribution in [2.45, 2.75) is 13.0 Å². The van der Waals surface area contributed by atoms with Gasteiger partial charge in [-0.15, -0.1) is 0 Å². The SMILES string of the molecule is Nc1ccc(C#CCc2ccc(OC(F)F)cc2)c(F)c1. The van der Waals surface area contributed by atoms with Crippen LogP contribution in [0, 0.1) is 17.7 Å². The number of hydrogen-bond acceptors (Lipinski definition) is 2. The topological polar surface area (TPSA) is 35.2 Å². The van der Waals surface area contributed by atoms with Gasteiger partial charge in [0.05, 0.1) is 5.56 Å². The van der Waals surface area contributed by atoms with Crippen molar-refractivity contribution in [1.29, 1.82) is 0 Å². The van der Waals surface area contributed by atoms with E-state index in [1.165, 1.54) is 24.3 Å². The summed E-state index contributed by atoms with van der Waals surface area (Å²) in [6, 6.07) is 10.4. The van der Waals surface area contributed by atoms with E-state index >= 15 is 0 Å². The largest absolute Gasteiger partial charge is 0.435 e. The second-order valence-corrected chi connectivity index (χ2v) is 4.24. The summed E-state index contributed by atoms with van der Waals surface area (Å²) in [5, 5.41) is 0. The van der Waals surface area contributed by atoms with Gasteiger partial charge in [-0.3, -0.25) is 0 Å². The van der Waals surface area contributed by atoms with Crippen LogP contribution in [-0.2, 0) is 6.42 Å². The molecule has 0 aromatic heterocycles. The van der Waals surface area contributed by atoms with Crippen molar-refractivity contribution in [2.24, 2.45) is 0 Å². The van der Waals surface area contributed by atoms with Gasteiger partial charge in [0.25, 0.3) is 0 Å². The Bertz CT molecular complexity index is 672. The zero-order valence-electron chi connectivity index (χ0n) is 10.9. The summed E-state index contributed by atoms with van der Waals surface area (Å²) in [5.74, 6) is 5.14. The monoisotopic (exact) mass is 291 g/mol. The van der Waals surface area contributed by atoms with Gasteiger partial charge in [-0.05, 0) is 35.9 Å². The number of rotatable bonds is 3. The maximum atomic E-state index is 13.5. The number of nitrogens with two attached hydrogens (primary N) is 1. The van der Waals surface area contributed by atoms with Gasteiger partial charge in [0.2, 0.25) is 0 Å². The maximum Gasteiger partial charge on any atom is 0.387 e. The molecule has 2 N–H and O–H groups in total. The fourth-order valence-corrected chi connectivity index (χ4v) is 1.66. The molecule has 21 heavy (non-hydrogen) atoms. The molecule has 2 rings (SSSR count). The predicted molar refractivity (Wildman–Crippen MR) is 74.5 cm³/mol. The second-order valence-electron chi connectivity index (χ2n) is 4.24. The summed E-state index contributed by atoms with van der Waals surface area (Å²) in [4.78, 5) is 0. The lowest BCUT2D eigenvalue weighted by molar-refractivity contribution is -0.0498. The highest BCUT2D eigenvalue weighted by Crippen LogP contribution is 2.15. The third-order valence-corrected chi connectivity index (χ3v) is 2.66. The van der Waals surface area contributed by atoms with Crippen molar-refractivity contribution < 1.29 is 17.9 Å². The van der Waals surface area contributed by atoms with E-state index in [-0.39, 0.29) is 11.3 Å². The molecule has 0 spiro atoms. The highest BCUT2D eigenvalue weighted by Gasteiger charge is 2.03. The highest BCUT2D eigenvalue weighted by molar-refractivity contribution is 5.46. The van der Waals surface area contributed by atoms with Crippen LogP contribution in [0.4, 0.5) is 18.9 Å². The molecule has 2 nitrogen and oxygen atoms in total. The van der Waals surface area contributed by atoms with Crippen LogP contribution >= 0.6 is 0 Å². The van der Waals surface area contributed by atoms with E-state index in [1.807, 2.05) is 0 Å². The van der Waals surface area contributed by atoms with Gasteiger partial charge in [0, 0.05) is 12.1 Å². The Balaban J connectivity index is 2.01. The van der Waals surface area contributed by atoms with Gasteiger partial charge in [-0.1, -0.05) is 24.0 Å². The van der Waals surface area contributed by atoms with E-state index in [1.54, 1.807) is 18.2 Å².